The highest BCUT2D eigenvalue weighted by Gasteiger charge is 2.22. The van der Waals surface area contributed by atoms with Crippen molar-refractivity contribution in [1.82, 2.24) is 0 Å². The van der Waals surface area contributed by atoms with Gasteiger partial charge in [0.25, 0.3) is 0 Å². The molecule has 0 atom stereocenters. The molecule has 0 spiro atoms. The first-order valence-corrected chi connectivity index (χ1v) is 9.31. The molecular formula is C24H23N2O+. The molecule has 0 fully saturated rings. The fraction of sp³-hybridized carbons (Fsp3) is 0.250. The fourth-order valence-electron chi connectivity index (χ4n) is 3.86. The molecule has 0 aliphatic heterocycles. The normalized spacial score (nSPS) is 11.4. The van der Waals surface area contributed by atoms with Gasteiger partial charge in [-0.15, -0.1) is 0 Å². The van der Waals surface area contributed by atoms with Crippen molar-refractivity contribution in [2.24, 2.45) is 13.0 Å². The van der Waals surface area contributed by atoms with Gasteiger partial charge >= 0.3 is 0 Å². The Kier molecular flexibility index (Phi) is 4.20. The van der Waals surface area contributed by atoms with E-state index in [9.17, 15) is 0 Å². The van der Waals surface area contributed by atoms with E-state index in [0.29, 0.717) is 17.2 Å². The van der Waals surface area contributed by atoms with Crippen molar-refractivity contribution >= 4 is 27.6 Å². The van der Waals surface area contributed by atoms with Crippen LogP contribution >= 0.6 is 0 Å². The van der Waals surface area contributed by atoms with Crippen molar-refractivity contribution in [2.45, 2.75) is 27.2 Å². The van der Waals surface area contributed by atoms with E-state index in [1.165, 1.54) is 0 Å². The van der Waals surface area contributed by atoms with Crippen LogP contribution in [0.3, 0.4) is 0 Å². The van der Waals surface area contributed by atoms with E-state index < -0.39 is 0 Å². The van der Waals surface area contributed by atoms with Crippen LogP contribution in [0.4, 0.5) is 5.69 Å². The molecule has 0 unspecified atom stereocenters. The zero-order valence-electron chi connectivity index (χ0n) is 16.2. The standard InChI is InChI=1S/C24H23N2O/c1-15(2)14-17-10-12-19-18-11-9-16(3)21(20-8-6-7-13-26(20)5)23(18)27-24(19)22(17)25-4/h6-13,15H,14H2,1-3,5H3/q+1. The summed E-state index contributed by atoms with van der Waals surface area (Å²) >= 11 is 0. The number of rotatable bonds is 3. The molecule has 4 aromatic rings. The van der Waals surface area contributed by atoms with Crippen LogP contribution in [-0.2, 0) is 13.5 Å². The Hall–Kier alpha value is -3.12. The summed E-state index contributed by atoms with van der Waals surface area (Å²) in [5.41, 5.74) is 6.64. The molecule has 0 aliphatic rings. The maximum Gasteiger partial charge on any atom is 0.232 e. The van der Waals surface area contributed by atoms with E-state index in [1.54, 1.807) is 0 Å². The third-order valence-corrected chi connectivity index (χ3v) is 5.13. The monoisotopic (exact) mass is 355 g/mol. The van der Waals surface area contributed by atoms with Gasteiger partial charge in [0.05, 0.1) is 12.1 Å². The lowest BCUT2D eigenvalue weighted by Crippen LogP contribution is -2.30. The number of fused-ring (bicyclic) bond motifs is 3. The van der Waals surface area contributed by atoms with Crippen LogP contribution in [-0.4, -0.2) is 0 Å². The van der Waals surface area contributed by atoms with Crippen molar-refractivity contribution < 1.29 is 8.98 Å². The summed E-state index contributed by atoms with van der Waals surface area (Å²) in [5.74, 6) is 0.494. The number of benzene rings is 2. The van der Waals surface area contributed by atoms with Crippen LogP contribution in [0.2, 0.25) is 0 Å². The third-order valence-electron chi connectivity index (χ3n) is 5.13. The molecule has 0 N–H and O–H groups in total. The molecule has 0 saturated heterocycles. The van der Waals surface area contributed by atoms with E-state index in [4.69, 9.17) is 11.0 Å². The quantitative estimate of drug-likeness (QED) is 0.320. The number of hydrogen-bond donors (Lipinski definition) is 0. The van der Waals surface area contributed by atoms with Gasteiger partial charge < -0.3 is 4.42 Å². The predicted octanol–water partition coefficient (Wildman–Crippen LogP) is 6.14. The minimum atomic E-state index is 0.494. The van der Waals surface area contributed by atoms with E-state index in [1.807, 2.05) is 25.4 Å². The number of aryl methyl sites for hydroxylation is 2. The summed E-state index contributed by atoms with van der Waals surface area (Å²) in [6.07, 6.45) is 2.92. The largest absolute Gasteiger partial charge is 0.466 e. The first kappa shape index (κ1) is 17.3. The highest BCUT2D eigenvalue weighted by Crippen LogP contribution is 2.41. The summed E-state index contributed by atoms with van der Waals surface area (Å²) in [4.78, 5) is 3.84. The zero-order valence-corrected chi connectivity index (χ0v) is 16.2. The minimum absolute atomic E-state index is 0.494. The molecule has 0 aliphatic carbocycles. The Labute approximate surface area is 159 Å². The molecule has 0 bridgehead atoms. The van der Waals surface area contributed by atoms with E-state index in [0.717, 1.165) is 45.2 Å². The van der Waals surface area contributed by atoms with Crippen molar-refractivity contribution in [2.75, 3.05) is 0 Å². The molecular weight excluding hydrogens is 332 g/mol. The van der Waals surface area contributed by atoms with Gasteiger partial charge in [-0.25, -0.2) is 9.41 Å². The lowest BCUT2D eigenvalue weighted by molar-refractivity contribution is -0.660. The smallest absolute Gasteiger partial charge is 0.232 e. The Morgan fingerprint density at radius 3 is 2.48 bits per heavy atom. The maximum absolute atomic E-state index is 7.74. The fourth-order valence-corrected chi connectivity index (χ4v) is 3.86. The summed E-state index contributed by atoms with van der Waals surface area (Å²) in [6.45, 7) is 14.2. The molecule has 3 heteroatoms. The van der Waals surface area contributed by atoms with Crippen molar-refractivity contribution in [1.29, 1.82) is 0 Å². The summed E-state index contributed by atoms with van der Waals surface area (Å²) < 4.78 is 8.50. The third kappa shape index (κ3) is 2.78. The van der Waals surface area contributed by atoms with Gasteiger partial charge in [0.2, 0.25) is 11.4 Å². The number of pyridine rings is 1. The Morgan fingerprint density at radius 2 is 1.78 bits per heavy atom. The van der Waals surface area contributed by atoms with Crippen LogP contribution in [0, 0.1) is 19.4 Å². The van der Waals surface area contributed by atoms with Crippen molar-refractivity contribution in [3.05, 3.63) is 71.2 Å². The van der Waals surface area contributed by atoms with Crippen LogP contribution in [0.25, 0.3) is 38.0 Å². The molecule has 134 valence electrons. The second kappa shape index (κ2) is 6.55. The van der Waals surface area contributed by atoms with E-state index in [2.05, 4.69) is 60.5 Å². The maximum atomic E-state index is 7.74. The molecule has 3 nitrogen and oxygen atoms in total. The van der Waals surface area contributed by atoms with Crippen LogP contribution in [0.5, 0.6) is 0 Å². The molecule has 0 saturated carbocycles. The average Bonchev–Trinajstić information content (AvgIpc) is 3.00. The Bertz CT molecular complexity index is 1210. The SMILES string of the molecule is [C-]#[N+]c1c(CC(C)C)ccc2c1oc1c(-c3cccc[n+]3C)c(C)ccc12. The van der Waals surface area contributed by atoms with Crippen molar-refractivity contribution in [3.63, 3.8) is 0 Å². The first-order valence-electron chi connectivity index (χ1n) is 9.31. The molecule has 2 aromatic heterocycles. The highest BCUT2D eigenvalue weighted by molar-refractivity contribution is 6.13. The van der Waals surface area contributed by atoms with E-state index >= 15 is 0 Å². The molecule has 2 aromatic carbocycles. The van der Waals surface area contributed by atoms with Gasteiger partial charge in [0, 0.05) is 22.9 Å². The lowest BCUT2D eigenvalue weighted by Gasteiger charge is -2.07. The van der Waals surface area contributed by atoms with Gasteiger partial charge in [-0.1, -0.05) is 38.1 Å². The average molecular weight is 355 g/mol. The first-order chi connectivity index (χ1) is 13.0. The predicted molar refractivity (Wildman–Crippen MR) is 110 cm³/mol. The molecule has 4 rings (SSSR count). The lowest BCUT2D eigenvalue weighted by atomic mass is 9.98. The molecule has 0 amide bonds. The number of nitrogens with zero attached hydrogens (tertiary/aromatic N) is 2. The second-order valence-electron chi connectivity index (χ2n) is 7.59. The summed E-state index contributed by atoms with van der Waals surface area (Å²) in [6, 6.07) is 14.6. The van der Waals surface area contributed by atoms with Gasteiger partial charge in [-0.3, -0.25) is 0 Å². The van der Waals surface area contributed by atoms with Gasteiger partial charge in [0.1, 0.15) is 18.2 Å². The molecule has 2 heterocycles. The Balaban J connectivity index is 2.09. The van der Waals surface area contributed by atoms with Gasteiger partial charge in [-0.05, 0) is 36.5 Å². The minimum Gasteiger partial charge on any atom is -0.466 e. The van der Waals surface area contributed by atoms with Gasteiger partial charge in [0.15, 0.2) is 6.20 Å². The second-order valence-corrected chi connectivity index (χ2v) is 7.59. The van der Waals surface area contributed by atoms with Crippen LogP contribution in [0.15, 0.2) is 53.1 Å². The van der Waals surface area contributed by atoms with Crippen molar-refractivity contribution in [3.8, 4) is 11.3 Å². The number of furan rings is 1. The highest BCUT2D eigenvalue weighted by atomic mass is 16.3. The Morgan fingerprint density at radius 1 is 1.04 bits per heavy atom. The van der Waals surface area contributed by atoms with Crippen LogP contribution < -0.4 is 4.57 Å². The summed E-state index contributed by atoms with van der Waals surface area (Å²) in [7, 11) is 2.04. The zero-order chi connectivity index (χ0) is 19.1. The van der Waals surface area contributed by atoms with Crippen LogP contribution in [0.1, 0.15) is 25.0 Å². The summed E-state index contributed by atoms with van der Waals surface area (Å²) in [5, 5.41) is 2.08. The topological polar surface area (TPSA) is 21.4 Å². The van der Waals surface area contributed by atoms with Gasteiger partial charge in [-0.2, -0.15) is 0 Å². The number of hydrogen-bond acceptors (Lipinski definition) is 1. The van der Waals surface area contributed by atoms with E-state index in [-0.39, 0.29) is 0 Å². The molecule has 27 heavy (non-hydrogen) atoms. The molecule has 0 radical (unpaired) electrons. The number of aromatic nitrogens is 1.